The van der Waals surface area contributed by atoms with Crippen molar-refractivity contribution in [1.29, 1.82) is 0 Å². The Morgan fingerprint density at radius 3 is 3.05 bits per heavy atom. The molecule has 0 saturated carbocycles. The van der Waals surface area contributed by atoms with E-state index in [-0.39, 0.29) is 11.9 Å². The number of nitrogens with two attached hydrogens (primary N) is 1. The molecule has 1 unspecified atom stereocenters. The first-order valence-corrected chi connectivity index (χ1v) is 7.11. The highest BCUT2D eigenvalue weighted by molar-refractivity contribution is 6.31. The van der Waals surface area contributed by atoms with Crippen molar-refractivity contribution in [3.63, 3.8) is 0 Å². The van der Waals surface area contributed by atoms with E-state index in [2.05, 4.69) is 20.6 Å². The highest BCUT2D eigenvalue weighted by atomic mass is 35.5. The molecule has 1 aromatic heterocycles. The van der Waals surface area contributed by atoms with Crippen LogP contribution in [0.4, 0.5) is 5.82 Å². The van der Waals surface area contributed by atoms with Gasteiger partial charge in [0.2, 0.25) is 5.91 Å². The van der Waals surface area contributed by atoms with Gasteiger partial charge in [-0.15, -0.1) is 0 Å². The second kappa shape index (κ2) is 6.88. The first kappa shape index (κ1) is 15.0. The SMILES string of the molecule is CNC(=O)C1CCCCN1Cc1nc(NN)ccc1Cl. The molecule has 110 valence electrons. The molecular formula is C13H20ClN5O. The molecule has 1 fully saturated rings. The molecule has 7 heteroatoms. The van der Waals surface area contributed by atoms with Gasteiger partial charge in [-0.2, -0.15) is 0 Å². The minimum absolute atomic E-state index is 0.0499. The Morgan fingerprint density at radius 1 is 1.55 bits per heavy atom. The van der Waals surface area contributed by atoms with Crippen LogP contribution in [0.5, 0.6) is 0 Å². The average Bonchev–Trinajstić information content (AvgIpc) is 2.49. The summed E-state index contributed by atoms with van der Waals surface area (Å²) in [6, 6.07) is 3.37. The zero-order chi connectivity index (χ0) is 14.5. The molecule has 1 aromatic rings. The second-order valence-electron chi connectivity index (χ2n) is 4.87. The van der Waals surface area contributed by atoms with Gasteiger partial charge in [0.05, 0.1) is 16.8 Å². The fourth-order valence-electron chi connectivity index (χ4n) is 2.51. The van der Waals surface area contributed by atoms with E-state index in [1.54, 1.807) is 19.2 Å². The Morgan fingerprint density at radius 2 is 2.35 bits per heavy atom. The number of likely N-dealkylation sites (tertiary alicyclic amines) is 1. The van der Waals surface area contributed by atoms with Gasteiger partial charge < -0.3 is 10.7 Å². The van der Waals surface area contributed by atoms with Crippen LogP contribution in [-0.2, 0) is 11.3 Å². The van der Waals surface area contributed by atoms with Gasteiger partial charge in [-0.1, -0.05) is 18.0 Å². The van der Waals surface area contributed by atoms with Gasteiger partial charge in [-0.3, -0.25) is 9.69 Å². The van der Waals surface area contributed by atoms with E-state index in [0.717, 1.165) is 31.5 Å². The number of aromatic nitrogens is 1. The number of hydrogen-bond acceptors (Lipinski definition) is 5. The second-order valence-corrected chi connectivity index (χ2v) is 5.27. The molecule has 1 amide bonds. The van der Waals surface area contributed by atoms with E-state index in [9.17, 15) is 4.79 Å². The summed E-state index contributed by atoms with van der Waals surface area (Å²) in [7, 11) is 1.67. The third-order valence-corrected chi connectivity index (χ3v) is 3.93. The Bertz CT molecular complexity index is 482. The van der Waals surface area contributed by atoms with Crippen LogP contribution in [0.2, 0.25) is 5.02 Å². The lowest BCUT2D eigenvalue weighted by atomic mass is 10.0. The smallest absolute Gasteiger partial charge is 0.237 e. The molecule has 4 N–H and O–H groups in total. The van der Waals surface area contributed by atoms with Crippen LogP contribution in [0.25, 0.3) is 0 Å². The highest BCUT2D eigenvalue weighted by Crippen LogP contribution is 2.23. The number of anilines is 1. The van der Waals surface area contributed by atoms with Crippen molar-refractivity contribution in [2.75, 3.05) is 19.0 Å². The van der Waals surface area contributed by atoms with Crippen LogP contribution in [0.1, 0.15) is 25.0 Å². The van der Waals surface area contributed by atoms with Gasteiger partial charge >= 0.3 is 0 Å². The van der Waals surface area contributed by atoms with Crippen molar-refractivity contribution in [3.05, 3.63) is 22.8 Å². The molecule has 0 aliphatic carbocycles. The number of nitrogens with zero attached hydrogens (tertiary/aromatic N) is 2. The zero-order valence-electron chi connectivity index (χ0n) is 11.5. The number of piperidine rings is 1. The summed E-state index contributed by atoms with van der Waals surface area (Å²) >= 11 is 6.18. The number of rotatable bonds is 4. The summed E-state index contributed by atoms with van der Waals surface area (Å²) in [5, 5.41) is 3.31. The Kier molecular flexibility index (Phi) is 5.17. The fraction of sp³-hybridized carbons (Fsp3) is 0.538. The summed E-state index contributed by atoms with van der Waals surface area (Å²) in [5.41, 5.74) is 3.24. The molecule has 0 aromatic carbocycles. The number of hydrogen-bond donors (Lipinski definition) is 3. The molecule has 1 atom stereocenters. The predicted molar refractivity (Wildman–Crippen MR) is 79.2 cm³/mol. The number of hydrazine groups is 1. The van der Waals surface area contributed by atoms with E-state index in [1.807, 2.05) is 0 Å². The molecule has 1 aliphatic rings. The van der Waals surface area contributed by atoms with Crippen LogP contribution >= 0.6 is 11.6 Å². The molecular weight excluding hydrogens is 278 g/mol. The van der Waals surface area contributed by atoms with Gasteiger partial charge in [0.1, 0.15) is 5.82 Å². The topological polar surface area (TPSA) is 83.3 Å². The standard InChI is InChI=1S/C13H20ClN5O/c1-16-13(20)11-4-2-3-7-19(11)8-10-9(14)5-6-12(17-10)18-15/h5-6,11H,2-4,7-8,15H2,1H3,(H,16,20)(H,17,18). The zero-order valence-corrected chi connectivity index (χ0v) is 12.3. The monoisotopic (exact) mass is 297 g/mol. The first-order chi connectivity index (χ1) is 9.65. The van der Waals surface area contributed by atoms with Gasteiger partial charge in [0, 0.05) is 13.6 Å². The molecule has 6 nitrogen and oxygen atoms in total. The lowest BCUT2D eigenvalue weighted by Crippen LogP contribution is -2.48. The lowest BCUT2D eigenvalue weighted by Gasteiger charge is -2.34. The number of carbonyl (C=O) groups is 1. The van der Waals surface area contributed by atoms with Gasteiger partial charge in [0.25, 0.3) is 0 Å². The largest absolute Gasteiger partial charge is 0.358 e. The minimum Gasteiger partial charge on any atom is -0.358 e. The van der Waals surface area contributed by atoms with E-state index in [0.29, 0.717) is 17.4 Å². The molecule has 0 bridgehead atoms. The molecule has 1 aliphatic heterocycles. The third kappa shape index (κ3) is 3.39. The van der Waals surface area contributed by atoms with E-state index >= 15 is 0 Å². The average molecular weight is 298 g/mol. The van der Waals surface area contributed by atoms with Gasteiger partial charge in [-0.25, -0.2) is 10.8 Å². The molecule has 1 saturated heterocycles. The first-order valence-electron chi connectivity index (χ1n) is 6.73. The van der Waals surface area contributed by atoms with Crippen LogP contribution in [0.15, 0.2) is 12.1 Å². The van der Waals surface area contributed by atoms with Crippen LogP contribution in [0.3, 0.4) is 0 Å². The summed E-state index contributed by atoms with van der Waals surface area (Å²) in [6.45, 7) is 1.42. The van der Waals surface area contributed by atoms with Crippen molar-refractivity contribution < 1.29 is 4.79 Å². The quantitative estimate of drug-likeness (QED) is 0.573. The highest BCUT2D eigenvalue weighted by Gasteiger charge is 2.28. The number of likely N-dealkylation sites (N-methyl/N-ethyl adjacent to an activating group) is 1. The number of amides is 1. The van der Waals surface area contributed by atoms with E-state index in [1.165, 1.54) is 0 Å². The van der Waals surface area contributed by atoms with Crippen molar-refractivity contribution in [1.82, 2.24) is 15.2 Å². The summed E-state index contributed by atoms with van der Waals surface area (Å²) in [5.74, 6) is 5.98. The number of nitrogens with one attached hydrogen (secondary N) is 2. The Hall–Kier alpha value is -1.37. The molecule has 0 spiro atoms. The molecule has 2 heterocycles. The normalized spacial score (nSPS) is 19.6. The number of halogens is 1. The summed E-state index contributed by atoms with van der Waals surface area (Å²) in [4.78, 5) is 18.4. The maximum Gasteiger partial charge on any atom is 0.237 e. The van der Waals surface area contributed by atoms with Crippen molar-refractivity contribution in [2.45, 2.75) is 31.8 Å². The molecule has 2 rings (SSSR count). The van der Waals surface area contributed by atoms with E-state index < -0.39 is 0 Å². The molecule has 20 heavy (non-hydrogen) atoms. The number of nitrogen functional groups attached to an aromatic ring is 1. The van der Waals surface area contributed by atoms with Crippen molar-refractivity contribution in [2.24, 2.45) is 5.84 Å². The van der Waals surface area contributed by atoms with E-state index in [4.69, 9.17) is 17.4 Å². The number of carbonyl (C=O) groups excluding carboxylic acids is 1. The van der Waals surface area contributed by atoms with Crippen molar-refractivity contribution >= 4 is 23.3 Å². The third-order valence-electron chi connectivity index (χ3n) is 3.58. The van der Waals surface area contributed by atoms with Gasteiger partial charge in [-0.05, 0) is 31.5 Å². The van der Waals surface area contributed by atoms with Crippen LogP contribution in [-0.4, -0.2) is 35.4 Å². The van der Waals surface area contributed by atoms with Gasteiger partial charge in [0.15, 0.2) is 0 Å². The summed E-state index contributed by atoms with van der Waals surface area (Å²) < 4.78 is 0. The lowest BCUT2D eigenvalue weighted by molar-refractivity contribution is -0.127. The molecule has 0 radical (unpaired) electrons. The minimum atomic E-state index is -0.110. The maximum absolute atomic E-state index is 11.9. The van der Waals surface area contributed by atoms with Crippen LogP contribution in [0, 0.1) is 0 Å². The van der Waals surface area contributed by atoms with Crippen molar-refractivity contribution in [3.8, 4) is 0 Å². The Labute approximate surface area is 123 Å². The van der Waals surface area contributed by atoms with Crippen LogP contribution < -0.4 is 16.6 Å². The number of pyridine rings is 1. The Balaban J connectivity index is 2.16. The predicted octanol–water partition coefficient (Wildman–Crippen LogP) is 1.12. The fourth-order valence-corrected chi connectivity index (χ4v) is 2.68. The summed E-state index contributed by atoms with van der Waals surface area (Å²) in [6.07, 6.45) is 3.02. The maximum atomic E-state index is 11.9.